The van der Waals surface area contributed by atoms with Crippen LogP contribution in [-0.2, 0) is 6.42 Å². The summed E-state index contributed by atoms with van der Waals surface area (Å²) in [5.74, 6) is -1.20. The first-order valence-corrected chi connectivity index (χ1v) is 6.88. The van der Waals surface area contributed by atoms with Gasteiger partial charge in [0.05, 0.1) is 16.3 Å². The Bertz CT molecular complexity index is 742. The highest BCUT2D eigenvalue weighted by Gasteiger charge is 2.26. The van der Waals surface area contributed by atoms with Crippen molar-refractivity contribution in [3.05, 3.63) is 64.2 Å². The molecule has 106 valence electrons. The molecule has 0 fully saturated rings. The lowest BCUT2D eigenvalue weighted by molar-refractivity contribution is 0.0696. The zero-order valence-electron chi connectivity index (χ0n) is 11.0. The molecule has 1 aliphatic rings. The van der Waals surface area contributed by atoms with Crippen LogP contribution in [0.1, 0.15) is 26.3 Å². The number of hydrogen-bond donors (Lipinski definition) is 1. The van der Waals surface area contributed by atoms with E-state index in [4.69, 9.17) is 16.7 Å². The molecule has 5 heteroatoms. The largest absolute Gasteiger partial charge is 0.478 e. The molecule has 0 aliphatic carbocycles. The van der Waals surface area contributed by atoms with Gasteiger partial charge in [0, 0.05) is 12.1 Å². The summed E-state index contributed by atoms with van der Waals surface area (Å²) in [4.78, 5) is 25.2. The summed E-state index contributed by atoms with van der Waals surface area (Å²) in [5.41, 5.74) is 2.20. The van der Waals surface area contributed by atoms with Gasteiger partial charge in [-0.25, -0.2) is 4.79 Å². The van der Waals surface area contributed by atoms with Crippen LogP contribution in [-0.4, -0.2) is 23.5 Å². The summed E-state index contributed by atoms with van der Waals surface area (Å²) in [6.45, 7) is 0.485. The Morgan fingerprint density at radius 1 is 1.19 bits per heavy atom. The highest BCUT2D eigenvalue weighted by Crippen LogP contribution is 2.31. The number of amides is 1. The van der Waals surface area contributed by atoms with Crippen molar-refractivity contribution in [1.29, 1.82) is 0 Å². The van der Waals surface area contributed by atoms with Crippen LogP contribution in [0.2, 0.25) is 5.02 Å². The number of fused-ring (bicyclic) bond motifs is 1. The molecule has 0 radical (unpaired) electrons. The summed E-state index contributed by atoms with van der Waals surface area (Å²) < 4.78 is 0. The zero-order chi connectivity index (χ0) is 15.0. The molecule has 0 spiro atoms. The quantitative estimate of drug-likeness (QED) is 0.926. The first-order valence-electron chi connectivity index (χ1n) is 6.50. The number of carbonyl (C=O) groups excluding carboxylic acids is 1. The summed E-state index contributed by atoms with van der Waals surface area (Å²) in [6.07, 6.45) is 0.718. The number of carboxylic acids is 1. The van der Waals surface area contributed by atoms with Crippen LogP contribution in [0.15, 0.2) is 42.5 Å². The van der Waals surface area contributed by atoms with Crippen molar-refractivity contribution in [3.63, 3.8) is 0 Å². The number of benzene rings is 2. The van der Waals surface area contributed by atoms with E-state index in [1.165, 1.54) is 23.1 Å². The minimum absolute atomic E-state index is 0.112. The Balaban J connectivity index is 2.04. The zero-order valence-corrected chi connectivity index (χ0v) is 11.8. The van der Waals surface area contributed by atoms with Gasteiger partial charge in [-0.1, -0.05) is 29.8 Å². The van der Waals surface area contributed by atoms with Crippen molar-refractivity contribution in [1.82, 2.24) is 0 Å². The first kappa shape index (κ1) is 13.6. The normalized spacial score (nSPS) is 14.0. The molecule has 0 unspecified atom stereocenters. The first-order chi connectivity index (χ1) is 10.1. The summed E-state index contributed by atoms with van der Waals surface area (Å²) in [6, 6.07) is 11.8. The lowest BCUT2D eigenvalue weighted by atomic mass is 9.98. The van der Waals surface area contributed by atoms with E-state index in [1.54, 1.807) is 6.07 Å². The van der Waals surface area contributed by atoms with Gasteiger partial charge in [-0.15, -0.1) is 0 Å². The minimum atomic E-state index is -1.04. The fraction of sp³-hybridized carbons (Fsp3) is 0.125. The van der Waals surface area contributed by atoms with Crippen LogP contribution in [0, 0.1) is 0 Å². The third-order valence-electron chi connectivity index (χ3n) is 3.58. The van der Waals surface area contributed by atoms with E-state index in [9.17, 15) is 9.59 Å². The van der Waals surface area contributed by atoms with E-state index in [2.05, 4.69) is 0 Å². The summed E-state index contributed by atoms with van der Waals surface area (Å²) in [5, 5.41) is 9.44. The molecule has 1 aliphatic heterocycles. The maximum Gasteiger partial charge on any atom is 0.335 e. The van der Waals surface area contributed by atoms with Crippen LogP contribution in [0.3, 0.4) is 0 Å². The Hall–Kier alpha value is -2.33. The molecule has 0 atom stereocenters. The number of halogens is 1. The smallest absolute Gasteiger partial charge is 0.335 e. The lowest BCUT2D eigenvalue weighted by Gasteiger charge is -2.29. The second kappa shape index (κ2) is 5.22. The lowest BCUT2D eigenvalue weighted by Crippen LogP contribution is -2.37. The third-order valence-corrected chi connectivity index (χ3v) is 3.90. The van der Waals surface area contributed by atoms with Gasteiger partial charge in [-0.2, -0.15) is 0 Å². The van der Waals surface area contributed by atoms with Crippen molar-refractivity contribution in [2.45, 2.75) is 6.42 Å². The van der Waals surface area contributed by atoms with Crippen molar-refractivity contribution in [2.75, 3.05) is 11.4 Å². The van der Waals surface area contributed by atoms with Gasteiger partial charge in [-0.05, 0) is 36.2 Å². The fourth-order valence-corrected chi connectivity index (χ4v) is 2.73. The molecule has 0 aromatic heterocycles. The average Bonchev–Trinajstić information content (AvgIpc) is 2.49. The average molecular weight is 302 g/mol. The second-order valence-electron chi connectivity index (χ2n) is 4.84. The van der Waals surface area contributed by atoms with Gasteiger partial charge in [0.2, 0.25) is 0 Å². The fourth-order valence-electron chi connectivity index (χ4n) is 2.51. The molecular weight excluding hydrogens is 290 g/mol. The van der Waals surface area contributed by atoms with Gasteiger partial charge in [0.1, 0.15) is 0 Å². The van der Waals surface area contributed by atoms with Crippen LogP contribution in [0.25, 0.3) is 0 Å². The minimum Gasteiger partial charge on any atom is -0.478 e. The molecule has 0 saturated carbocycles. The number of anilines is 1. The Kier molecular flexibility index (Phi) is 3.39. The number of carboxylic acid groups (broad SMARTS) is 1. The molecule has 2 aromatic rings. The maximum absolute atomic E-state index is 12.6. The van der Waals surface area contributed by atoms with Gasteiger partial charge in [0.25, 0.3) is 5.91 Å². The van der Waals surface area contributed by atoms with E-state index in [0.717, 1.165) is 12.0 Å². The van der Waals surface area contributed by atoms with E-state index in [-0.39, 0.29) is 11.5 Å². The van der Waals surface area contributed by atoms with Gasteiger partial charge in [-0.3, -0.25) is 4.79 Å². The standard InChI is InChI=1S/C16H12ClNO3/c17-13-6-5-11(16(20)21)9-14(13)18-8-7-10-3-1-2-4-12(10)15(18)19/h1-6,9H,7-8H2,(H,20,21). The number of carbonyl (C=O) groups is 2. The molecular formula is C16H12ClNO3. The molecule has 3 rings (SSSR count). The molecule has 21 heavy (non-hydrogen) atoms. The molecule has 0 bridgehead atoms. The van der Waals surface area contributed by atoms with E-state index in [1.807, 2.05) is 18.2 Å². The Morgan fingerprint density at radius 3 is 2.71 bits per heavy atom. The maximum atomic E-state index is 12.6. The second-order valence-corrected chi connectivity index (χ2v) is 5.24. The molecule has 1 N–H and O–H groups in total. The van der Waals surface area contributed by atoms with Crippen molar-refractivity contribution < 1.29 is 14.7 Å². The highest BCUT2D eigenvalue weighted by molar-refractivity contribution is 6.34. The SMILES string of the molecule is O=C(O)c1ccc(Cl)c(N2CCc3ccccc3C2=O)c1. The van der Waals surface area contributed by atoms with Gasteiger partial charge < -0.3 is 10.0 Å². The van der Waals surface area contributed by atoms with Gasteiger partial charge in [0.15, 0.2) is 0 Å². The number of aromatic carboxylic acids is 1. The van der Waals surface area contributed by atoms with E-state index >= 15 is 0 Å². The molecule has 2 aromatic carbocycles. The summed E-state index contributed by atoms with van der Waals surface area (Å²) in [7, 11) is 0. The van der Waals surface area contributed by atoms with Crippen LogP contribution in [0.5, 0.6) is 0 Å². The molecule has 1 amide bonds. The van der Waals surface area contributed by atoms with Crippen LogP contribution in [0.4, 0.5) is 5.69 Å². The topological polar surface area (TPSA) is 57.6 Å². The van der Waals surface area contributed by atoms with Gasteiger partial charge >= 0.3 is 5.97 Å². The monoisotopic (exact) mass is 301 g/mol. The van der Waals surface area contributed by atoms with Crippen molar-refractivity contribution >= 4 is 29.2 Å². The number of rotatable bonds is 2. The van der Waals surface area contributed by atoms with E-state index < -0.39 is 5.97 Å². The molecule has 1 heterocycles. The number of hydrogen-bond acceptors (Lipinski definition) is 2. The Labute approximate surface area is 126 Å². The third kappa shape index (κ3) is 2.38. The van der Waals surface area contributed by atoms with Crippen molar-refractivity contribution in [3.8, 4) is 0 Å². The Morgan fingerprint density at radius 2 is 1.95 bits per heavy atom. The number of nitrogens with zero attached hydrogens (tertiary/aromatic N) is 1. The van der Waals surface area contributed by atoms with E-state index in [0.29, 0.717) is 22.8 Å². The predicted octanol–water partition coefficient (Wildman–Crippen LogP) is 3.24. The molecule has 4 nitrogen and oxygen atoms in total. The predicted molar refractivity (Wildman–Crippen MR) is 80.2 cm³/mol. The van der Waals surface area contributed by atoms with Crippen LogP contribution < -0.4 is 4.90 Å². The van der Waals surface area contributed by atoms with Crippen molar-refractivity contribution in [2.24, 2.45) is 0 Å². The van der Waals surface area contributed by atoms with Crippen LogP contribution >= 0.6 is 11.6 Å². The highest BCUT2D eigenvalue weighted by atomic mass is 35.5. The summed E-state index contributed by atoms with van der Waals surface area (Å²) >= 11 is 6.14. The molecule has 0 saturated heterocycles.